The van der Waals surface area contributed by atoms with E-state index in [1.165, 1.54) is 18.7 Å². The van der Waals surface area contributed by atoms with Gasteiger partial charge in [-0.15, -0.1) is 0 Å². The number of carbonyl (C=O) groups excluding carboxylic acids is 5. The fourth-order valence-electron chi connectivity index (χ4n) is 4.35. The van der Waals surface area contributed by atoms with Crippen molar-refractivity contribution in [2.24, 2.45) is 23.7 Å². The van der Waals surface area contributed by atoms with Crippen LogP contribution in [0, 0.1) is 23.7 Å². The van der Waals surface area contributed by atoms with Crippen LogP contribution in [-0.4, -0.2) is 70.6 Å². The summed E-state index contributed by atoms with van der Waals surface area (Å²) in [5.41, 5.74) is 0.312. The zero-order valence-corrected chi connectivity index (χ0v) is 25.1. The molecule has 9 nitrogen and oxygen atoms in total. The van der Waals surface area contributed by atoms with Crippen molar-refractivity contribution in [3.63, 3.8) is 0 Å². The molecule has 0 saturated carbocycles. The van der Waals surface area contributed by atoms with Gasteiger partial charge in [-0.1, -0.05) is 61.0 Å². The van der Waals surface area contributed by atoms with E-state index in [-0.39, 0.29) is 35.9 Å². The zero-order chi connectivity index (χ0) is 29.9. The number of Topliss-reactive ketones (excluding diaryl/α,β-unsaturated/α-hetero) is 2. The lowest BCUT2D eigenvalue weighted by atomic mass is 9.86. The van der Waals surface area contributed by atoms with E-state index >= 15 is 0 Å². The number of carbonyl (C=O) groups is 5. The Labute approximate surface area is 229 Å². The monoisotopic (exact) mass is 537 g/mol. The smallest absolute Gasteiger partial charge is 0.243 e. The molecule has 0 aliphatic heterocycles. The highest BCUT2D eigenvalue weighted by molar-refractivity contribution is 6.01. The van der Waals surface area contributed by atoms with Crippen LogP contribution in [0.25, 0.3) is 0 Å². The first-order valence-corrected chi connectivity index (χ1v) is 13.7. The van der Waals surface area contributed by atoms with Gasteiger partial charge in [0, 0.05) is 20.4 Å². The van der Waals surface area contributed by atoms with E-state index in [1.807, 2.05) is 41.5 Å². The highest BCUT2D eigenvalue weighted by Gasteiger charge is 2.37. The molecule has 3 amide bonds. The normalized spacial score (nSPS) is 16.8. The average molecular weight is 538 g/mol. The molecular weight excluding hydrogens is 486 g/mol. The van der Waals surface area contributed by atoms with Crippen LogP contribution < -0.4 is 10.6 Å². The molecular formula is C29H51N3O6. The van der Waals surface area contributed by atoms with Crippen molar-refractivity contribution in [1.82, 2.24) is 15.5 Å². The maximum atomic E-state index is 13.5. The predicted molar refractivity (Wildman–Crippen MR) is 149 cm³/mol. The fraction of sp³-hybridized carbons (Fsp3) is 0.759. The molecule has 0 fully saturated rings. The second-order valence-electron chi connectivity index (χ2n) is 11.2. The van der Waals surface area contributed by atoms with E-state index in [9.17, 15) is 29.1 Å². The third kappa shape index (κ3) is 10.7. The highest BCUT2D eigenvalue weighted by atomic mass is 16.3. The highest BCUT2D eigenvalue weighted by Crippen LogP contribution is 2.20. The average Bonchev–Trinajstić information content (AvgIpc) is 2.83. The lowest BCUT2D eigenvalue weighted by molar-refractivity contribution is -0.141. The molecule has 0 saturated heterocycles. The fourth-order valence-corrected chi connectivity index (χ4v) is 4.35. The van der Waals surface area contributed by atoms with Gasteiger partial charge in [0.15, 0.2) is 11.6 Å². The number of nitrogens with zero attached hydrogens (tertiary/aromatic N) is 1. The Kier molecular flexibility index (Phi) is 15.3. The summed E-state index contributed by atoms with van der Waals surface area (Å²) in [5, 5.41) is 16.0. The van der Waals surface area contributed by atoms with E-state index in [0.29, 0.717) is 24.8 Å². The maximum Gasteiger partial charge on any atom is 0.243 e. The van der Waals surface area contributed by atoms with Crippen molar-refractivity contribution in [1.29, 1.82) is 0 Å². The predicted octanol–water partition coefficient (Wildman–Crippen LogP) is 3.04. The van der Waals surface area contributed by atoms with Crippen LogP contribution in [0.5, 0.6) is 0 Å². The topological polar surface area (TPSA) is 133 Å². The molecule has 3 N–H and O–H groups in total. The molecule has 0 aromatic carbocycles. The lowest BCUT2D eigenvalue weighted by Gasteiger charge is -2.33. The quantitative estimate of drug-likeness (QED) is 0.244. The molecule has 0 unspecified atom stereocenters. The van der Waals surface area contributed by atoms with Gasteiger partial charge in [0.25, 0.3) is 0 Å². The van der Waals surface area contributed by atoms with Crippen LogP contribution in [-0.2, 0) is 24.0 Å². The largest absolute Gasteiger partial charge is 0.393 e. The summed E-state index contributed by atoms with van der Waals surface area (Å²) in [7, 11) is 1.56. The minimum absolute atomic E-state index is 0.117. The molecule has 0 heterocycles. The van der Waals surface area contributed by atoms with Crippen molar-refractivity contribution < 1.29 is 29.1 Å². The minimum atomic E-state index is -1.16. The summed E-state index contributed by atoms with van der Waals surface area (Å²) in [6.07, 6.45) is 0.156. The van der Waals surface area contributed by atoms with Crippen molar-refractivity contribution in [2.45, 2.75) is 112 Å². The first-order valence-electron chi connectivity index (χ1n) is 13.7. The van der Waals surface area contributed by atoms with Crippen LogP contribution in [0.15, 0.2) is 12.2 Å². The van der Waals surface area contributed by atoms with E-state index in [0.717, 1.165) is 0 Å². The number of amides is 3. The van der Waals surface area contributed by atoms with Crippen LogP contribution >= 0.6 is 0 Å². The van der Waals surface area contributed by atoms with E-state index in [2.05, 4.69) is 17.2 Å². The van der Waals surface area contributed by atoms with Crippen LogP contribution in [0.4, 0.5) is 0 Å². The summed E-state index contributed by atoms with van der Waals surface area (Å²) in [5.74, 6) is -3.36. The summed E-state index contributed by atoms with van der Waals surface area (Å²) >= 11 is 0. The van der Waals surface area contributed by atoms with Crippen LogP contribution in [0.3, 0.4) is 0 Å². The Hall–Kier alpha value is -2.55. The molecule has 0 bridgehead atoms. The van der Waals surface area contributed by atoms with E-state index < -0.39 is 47.7 Å². The molecule has 38 heavy (non-hydrogen) atoms. The Bertz CT molecular complexity index is 853. The van der Waals surface area contributed by atoms with Crippen molar-refractivity contribution in [2.75, 3.05) is 7.05 Å². The molecule has 0 aliphatic carbocycles. The zero-order valence-electron chi connectivity index (χ0n) is 25.1. The molecule has 0 aromatic rings. The summed E-state index contributed by atoms with van der Waals surface area (Å²) < 4.78 is 0. The third-order valence-corrected chi connectivity index (χ3v) is 7.32. The Balaban J connectivity index is 5.96. The van der Waals surface area contributed by atoms with Gasteiger partial charge in [-0.2, -0.15) is 0 Å². The second kappa shape index (κ2) is 16.4. The Morgan fingerprint density at radius 1 is 0.868 bits per heavy atom. The number of hydrogen-bond donors (Lipinski definition) is 3. The molecule has 0 rings (SSSR count). The lowest BCUT2D eigenvalue weighted by Crippen LogP contribution is -2.56. The number of aliphatic hydroxyl groups is 1. The first-order chi connectivity index (χ1) is 17.5. The molecule has 7 atom stereocenters. The number of likely N-dealkylation sites (N-methyl/N-ethyl adjacent to an activating group) is 1. The molecule has 0 aliphatic rings. The Morgan fingerprint density at radius 2 is 1.39 bits per heavy atom. The summed E-state index contributed by atoms with van der Waals surface area (Å²) in [6, 6.07) is -2.46. The van der Waals surface area contributed by atoms with Gasteiger partial charge >= 0.3 is 0 Å². The Morgan fingerprint density at radius 3 is 1.79 bits per heavy atom. The molecule has 0 radical (unpaired) electrons. The summed E-state index contributed by atoms with van der Waals surface area (Å²) in [4.78, 5) is 66.1. The van der Waals surface area contributed by atoms with Crippen molar-refractivity contribution >= 4 is 29.3 Å². The number of ketones is 2. The van der Waals surface area contributed by atoms with Crippen LogP contribution in [0.1, 0.15) is 88.0 Å². The van der Waals surface area contributed by atoms with Gasteiger partial charge in [-0.25, -0.2) is 0 Å². The van der Waals surface area contributed by atoms with Gasteiger partial charge in [0.2, 0.25) is 17.7 Å². The van der Waals surface area contributed by atoms with Crippen LogP contribution in [0.2, 0.25) is 0 Å². The standard InChI is InChI=1S/C29H51N3O6/c1-12-18(7)25(31-29(38)26(19(8)13-2)32(11)21(10)34)24(35)15-22(20(9)33)28(37)30-23(14-16(3)4)27(36)17(5)6/h16,18-20,22-23,25-26,33H,5,12-15H2,1-4,6-11H3,(H,30,37)(H,31,38)/t18-,19-,20-,22-,23-,25-,26-/m0/s1. The molecule has 0 spiro atoms. The third-order valence-electron chi connectivity index (χ3n) is 7.32. The molecule has 0 aromatic heterocycles. The van der Waals surface area contributed by atoms with Crippen molar-refractivity contribution in [3.05, 3.63) is 12.2 Å². The first kappa shape index (κ1) is 35.5. The van der Waals surface area contributed by atoms with Gasteiger partial charge in [-0.05, 0) is 43.6 Å². The number of aliphatic hydroxyl groups excluding tert-OH is 1. The second-order valence-corrected chi connectivity index (χ2v) is 11.2. The number of nitrogens with one attached hydrogen (secondary N) is 2. The van der Waals surface area contributed by atoms with Gasteiger partial charge in [0.1, 0.15) is 6.04 Å². The SMILES string of the molecule is C=C(C)C(=O)[C@H](CC(C)C)NC(=O)[C@@H](CC(=O)[C@@H](NC(=O)[C@H]([C@@H](C)CC)N(C)C(C)=O)[C@@H](C)CC)[C@H](C)O. The molecule has 218 valence electrons. The number of hydrogen-bond acceptors (Lipinski definition) is 6. The minimum Gasteiger partial charge on any atom is -0.393 e. The van der Waals surface area contributed by atoms with Gasteiger partial charge in [-0.3, -0.25) is 24.0 Å². The maximum absolute atomic E-state index is 13.5. The molecule has 9 heteroatoms. The van der Waals surface area contributed by atoms with Crippen molar-refractivity contribution in [3.8, 4) is 0 Å². The van der Waals surface area contributed by atoms with Gasteiger partial charge < -0.3 is 20.6 Å². The van der Waals surface area contributed by atoms with Gasteiger partial charge in [0.05, 0.1) is 24.1 Å². The van der Waals surface area contributed by atoms with E-state index in [4.69, 9.17) is 0 Å². The van der Waals surface area contributed by atoms with E-state index in [1.54, 1.807) is 14.0 Å². The summed E-state index contributed by atoms with van der Waals surface area (Å²) in [6.45, 7) is 19.4. The number of rotatable bonds is 17.